The molecule has 4 saturated carbocycles. The van der Waals surface area contributed by atoms with Crippen LogP contribution in [-0.4, -0.2) is 11.2 Å². The quantitative estimate of drug-likeness (QED) is 0.387. The lowest BCUT2D eigenvalue weighted by Crippen LogP contribution is -2.64. The molecule has 176 valence electrons. The fourth-order valence-corrected chi connectivity index (χ4v) is 10.6. The first kappa shape index (κ1) is 22.5. The van der Waals surface area contributed by atoms with Gasteiger partial charge in [-0.25, -0.2) is 0 Å². The molecule has 5 aliphatic carbocycles. The largest absolute Gasteiger partial charge is 0.393 e. The molecule has 1 N–H and O–H groups in total. The van der Waals surface area contributed by atoms with E-state index in [1.807, 2.05) is 5.57 Å². The van der Waals surface area contributed by atoms with Crippen molar-refractivity contribution in [1.29, 1.82) is 0 Å². The van der Waals surface area contributed by atoms with Gasteiger partial charge in [-0.1, -0.05) is 67.0 Å². The van der Waals surface area contributed by atoms with E-state index in [9.17, 15) is 5.11 Å². The lowest BCUT2D eigenvalue weighted by atomic mass is 9.32. The van der Waals surface area contributed by atoms with Gasteiger partial charge in [0.1, 0.15) is 0 Å². The first-order chi connectivity index (χ1) is 14.2. The van der Waals surface area contributed by atoms with Crippen molar-refractivity contribution in [3.8, 4) is 0 Å². The predicted molar refractivity (Wildman–Crippen MR) is 131 cm³/mol. The lowest BCUT2D eigenvalue weighted by molar-refractivity contribution is -0.182. The molecule has 5 aliphatic rings. The molecule has 0 spiro atoms. The summed E-state index contributed by atoms with van der Waals surface area (Å²) in [6.07, 6.45) is 15.9. The maximum Gasteiger partial charge on any atom is 0.0571 e. The van der Waals surface area contributed by atoms with Gasteiger partial charge < -0.3 is 5.11 Å². The van der Waals surface area contributed by atoms with Crippen LogP contribution in [0.1, 0.15) is 120 Å². The van der Waals surface area contributed by atoms with Crippen LogP contribution in [-0.2, 0) is 0 Å². The summed E-state index contributed by atoms with van der Waals surface area (Å²) in [6.45, 7) is 20.6. The molecule has 0 amide bonds. The molecule has 5 rings (SSSR count). The standard InChI is InChI=1S/C30H50O/c1-20-21(31)9-10-22-27(20,5)12-11-23-28(22,6)16-18-30(8)24-19-25(2,3)13-14-26(24,4)15-17-29(23,30)7/h11,20-22,24,31H,9-10,12-19H2,1-8H3/t20-,21-,22+,24+,26+,27+,28-,29+,30-/m0/s1. The molecule has 0 aromatic rings. The van der Waals surface area contributed by atoms with Crippen LogP contribution in [0, 0.1) is 50.2 Å². The summed E-state index contributed by atoms with van der Waals surface area (Å²) in [4.78, 5) is 0. The Kier molecular flexibility index (Phi) is 4.66. The van der Waals surface area contributed by atoms with Gasteiger partial charge in [0.25, 0.3) is 0 Å². The molecule has 1 heteroatoms. The number of fused-ring (bicyclic) bond motifs is 7. The zero-order valence-corrected chi connectivity index (χ0v) is 21.9. The normalized spacial score (nSPS) is 58.3. The van der Waals surface area contributed by atoms with Gasteiger partial charge in [-0.15, -0.1) is 0 Å². The molecule has 1 nitrogen and oxygen atoms in total. The molecule has 0 aliphatic heterocycles. The van der Waals surface area contributed by atoms with Gasteiger partial charge in [-0.05, 0) is 114 Å². The number of rotatable bonds is 0. The average molecular weight is 427 g/mol. The summed E-state index contributed by atoms with van der Waals surface area (Å²) >= 11 is 0. The Morgan fingerprint density at radius 1 is 0.806 bits per heavy atom. The second kappa shape index (κ2) is 6.43. The van der Waals surface area contributed by atoms with Crippen molar-refractivity contribution < 1.29 is 5.11 Å². The molecule has 9 atom stereocenters. The van der Waals surface area contributed by atoms with Crippen molar-refractivity contribution >= 4 is 0 Å². The molecular formula is C30H50O. The van der Waals surface area contributed by atoms with E-state index in [0.717, 1.165) is 18.3 Å². The minimum Gasteiger partial charge on any atom is -0.393 e. The maximum absolute atomic E-state index is 10.7. The minimum atomic E-state index is -0.107. The number of hydrogen-bond donors (Lipinski definition) is 1. The Morgan fingerprint density at radius 3 is 2.19 bits per heavy atom. The van der Waals surface area contributed by atoms with E-state index >= 15 is 0 Å². The maximum atomic E-state index is 10.7. The third kappa shape index (κ3) is 2.71. The molecule has 0 saturated heterocycles. The summed E-state index contributed by atoms with van der Waals surface area (Å²) in [5.74, 6) is 2.00. The van der Waals surface area contributed by atoms with E-state index in [1.165, 1.54) is 57.8 Å². The van der Waals surface area contributed by atoms with Crippen molar-refractivity contribution in [2.45, 2.75) is 126 Å². The fourth-order valence-electron chi connectivity index (χ4n) is 10.6. The van der Waals surface area contributed by atoms with Gasteiger partial charge in [0.15, 0.2) is 0 Å². The highest BCUT2D eigenvalue weighted by Gasteiger charge is 2.68. The summed E-state index contributed by atoms with van der Waals surface area (Å²) in [5.41, 5.74) is 4.26. The molecule has 0 aromatic heterocycles. The first-order valence-corrected chi connectivity index (χ1v) is 13.6. The van der Waals surface area contributed by atoms with Gasteiger partial charge in [0, 0.05) is 0 Å². The van der Waals surface area contributed by atoms with E-state index in [1.54, 1.807) is 0 Å². The van der Waals surface area contributed by atoms with Crippen molar-refractivity contribution in [3.63, 3.8) is 0 Å². The Balaban J connectivity index is 1.59. The molecule has 31 heavy (non-hydrogen) atoms. The molecule has 0 bridgehead atoms. The van der Waals surface area contributed by atoms with Crippen LogP contribution in [0.3, 0.4) is 0 Å². The van der Waals surface area contributed by atoms with Crippen LogP contribution in [0.15, 0.2) is 11.6 Å². The third-order valence-electron chi connectivity index (χ3n) is 13.2. The summed E-state index contributed by atoms with van der Waals surface area (Å²) in [7, 11) is 0. The second-order valence-electron chi connectivity index (χ2n) is 15.1. The minimum absolute atomic E-state index is 0.107. The van der Waals surface area contributed by atoms with Gasteiger partial charge in [0.05, 0.1) is 6.10 Å². The van der Waals surface area contributed by atoms with Crippen LogP contribution in [0.5, 0.6) is 0 Å². The highest BCUT2D eigenvalue weighted by Crippen LogP contribution is 2.77. The van der Waals surface area contributed by atoms with Gasteiger partial charge >= 0.3 is 0 Å². The van der Waals surface area contributed by atoms with E-state index in [0.29, 0.717) is 33.0 Å². The van der Waals surface area contributed by atoms with Gasteiger partial charge in [0.2, 0.25) is 0 Å². The molecular weight excluding hydrogens is 376 g/mol. The second-order valence-corrected chi connectivity index (χ2v) is 15.1. The Hall–Kier alpha value is -0.300. The van der Waals surface area contributed by atoms with Crippen LogP contribution in [0.4, 0.5) is 0 Å². The zero-order chi connectivity index (χ0) is 22.7. The van der Waals surface area contributed by atoms with Crippen LogP contribution < -0.4 is 0 Å². The summed E-state index contributed by atoms with van der Waals surface area (Å²) in [6, 6.07) is 0. The molecule has 4 fully saturated rings. The zero-order valence-electron chi connectivity index (χ0n) is 21.9. The molecule has 0 heterocycles. The van der Waals surface area contributed by atoms with E-state index in [4.69, 9.17) is 0 Å². The van der Waals surface area contributed by atoms with Crippen molar-refractivity contribution in [1.82, 2.24) is 0 Å². The molecule has 0 aromatic carbocycles. The van der Waals surface area contributed by atoms with Crippen molar-refractivity contribution in [2.75, 3.05) is 0 Å². The summed E-state index contributed by atoms with van der Waals surface area (Å²) in [5, 5.41) is 10.7. The van der Waals surface area contributed by atoms with E-state index in [-0.39, 0.29) is 11.5 Å². The third-order valence-corrected chi connectivity index (χ3v) is 13.2. The predicted octanol–water partition coefficient (Wildman–Crippen LogP) is 8.17. The van der Waals surface area contributed by atoms with Crippen LogP contribution in [0.25, 0.3) is 0 Å². The lowest BCUT2D eigenvalue weighted by Gasteiger charge is -2.72. The van der Waals surface area contributed by atoms with E-state index in [2.05, 4.69) is 61.5 Å². The van der Waals surface area contributed by atoms with Crippen LogP contribution in [0.2, 0.25) is 0 Å². The smallest absolute Gasteiger partial charge is 0.0571 e. The molecule has 0 unspecified atom stereocenters. The number of allylic oxidation sites excluding steroid dienone is 2. The van der Waals surface area contributed by atoms with Crippen LogP contribution >= 0.6 is 0 Å². The fraction of sp³-hybridized carbons (Fsp3) is 0.933. The number of aliphatic hydroxyl groups is 1. The van der Waals surface area contributed by atoms with Gasteiger partial charge in [-0.2, -0.15) is 0 Å². The van der Waals surface area contributed by atoms with E-state index < -0.39 is 0 Å². The Labute approximate surface area is 192 Å². The van der Waals surface area contributed by atoms with Crippen molar-refractivity contribution in [3.05, 3.63) is 11.6 Å². The van der Waals surface area contributed by atoms with Gasteiger partial charge in [-0.3, -0.25) is 0 Å². The highest BCUT2D eigenvalue weighted by atomic mass is 16.3. The average Bonchev–Trinajstić information content (AvgIpc) is 2.69. The first-order valence-electron chi connectivity index (χ1n) is 13.6. The highest BCUT2D eigenvalue weighted by molar-refractivity contribution is 5.36. The Bertz CT molecular complexity index is 794. The van der Waals surface area contributed by atoms with Crippen molar-refractivity contribution in [2.24, 2.45) is 50.2 Å². The Morgan fingerprint density at radius 2 is 1.48 bits per heavy atom. The number of aliphatic hydroxyl groups excluding tert-OH is 1. The molecule has 0 radical (unpaired) electrons. The number of hydrogen-bond acceptors (Lipinski definition) is 1. The summed E-state index contributed by atoms with van der Waals surface area (Å²) < 4.78 is 0. The monoisotopic (exact) mass is 426 g/mol. The SMILES string of the molecule is C[C@H]1[C@@H](O)CC[C@@H]2[C@]1(C)CC=C1[C@@]2(C)CC[C@@]2(C)[C@@H]3CC(C)(C)CC[C@]3(C)CC[C@]12C. The topological polar surface area (TPSA) is 20.2 Å².